The highest BCUT2D eigenvalue weighted by Gasteiger charge is 2.04. The Morgan fingerprint density at radius 3 is 2.50 bits per heavy atom. The molecule has 0 aliphatic rings. The van der Waals surface area contributed by atoms with Crippen LogP contribution in [0.2, 0.25) is 10.0 Å². The molecule has 2 aromatic rings. The summed E-state index contributed by atoms with van der Waals surface area (Å²) in [7, 11) is 1.60. The molecule has 0 saturated heterocycles. The second-order valence-corrected chi connectivity index (χ2v) is 5.42. The van der Waals surface area contributed by atoms with Crippen LogP contribution in [0.1, 0.15) is 6.42 Å². The molecule has 0 radical (unpaired) electrons. The maximum atomic E-state index is 11.9. The number of nitrogens with one attached hydrogen (secondary N) is 2. The van der Waals surface area contributed by atoms with E-state index in [1.807, 2.05) is 0 Å². The van der Waals surface area contributed by atoms with Crippen molar-refractivity contribution >= 4 is 40.5 Å². The van der Waals surface area contributed by atoms with E-state index in [4.69, 9.17) is 27.9 Å². The molecular formula is C16H16Cl2N2O2. The fourth-order valence-corrected chi connectivity index (χ4v) is 2.32. The van der Waals surface area contributed by atoms with Crippen LogP contribution in [0.3, 0.4) is 0 Å². The van der Waals surface area contributed by atoms with Gasteiger partial charge in [0.1, 0.15) is 5.75 Å². The molecule has 0 saturated carbocycles. The van der Waals surface area contributed by atoms with Crippen molar-refractivity contribution in [3.05, 3.63) is 52.5 Å². The summed E-state index contributed by atoms with van der Waals surface area (Å²) in [6, 6.07) is 12.4. The lowest BCUT2D eigenvalue weighted by atomic mass is 10.2. The summed E-state index contributed by atoms with van der Waals surface area (Å²) >= 11 is 11.9. The van der Waals surface area contributed by atoms with Crippen molar-refractivity contribution in [2.45, 2.75) is 6.42 Å². The third kappa shape index (κ3) is 4.83. The third-order valence-electron chi connectivity index (χ3n) is 2.97. The van der Waals surface area contributed by atoms with Crippen LogP contribution in [0.25, 0.3) is 0 Å². The molecule has 0 heterocycles. The summed E-state index contributed by atoms with van der Waals surface area (Å²) in [4.78, 5) is 11.9. The molecule has 2 aromatic carbocycles. The van der Waals surface area contributed by atoms with Crippen molar-refractivity contribution in [1.29, 1.82) is 0 Å². The number of ether oxygens (including phenoxy) is 1. The number of hydrogen-bond donors (Lipinski definition) is 2. The molecule has 6 heteroatoms. The van der Waals surface area contributed by atoms with Crippen molar-refractivity contribution in [3.8, 4) is 5.75 Å². The third-order valence-corrected chi connectivity index (χ3v) is 3.52. The standard InChI is InChI=1S/C16H16Cl2N2O2/c1-22-13-5-3-12(4-6-13)20-16(21)8-9-19-15-7-2-11(17)10-14(15)18/h2-7,10,19H,8-9H2,1H3,(H,20,21). The average molecular weight is 339 g/mol. The minimum atomic E-state index is -0.0808. The van der Waals surface area contributed by atoms with Crippen molar-refractivity contribution in [2.24, 2.45) is 0 Å². The lowest BCUT2D eigenvalue weighted by Gasteiger charge is -2.09. The van der Waals surface area contributed by atoms with E-state index in [9.17, 15) is 4.79 Å². The first kappa shape index (κ1) is 16.5. The molecule has 0 atom stereocenters. The Bertz CT molecular complexity index is 645. The molecule has 0 unspecified atom stereocenters. The largest absolute Gasteiger partial charge is 0.497 e. The van der Waals surface area contributed by atoms with Gasteiger partial charge < -0.3 is 15.4 Å². The van der Waals surface area contributed by atoms with E-state index in [-0.39, 0.29) is 5.91 Å². The lowest BCUT2D eigenvalue weighted by molar-refractivity contribution is -0.115. The van der Waals surface area contributed by atoms with Crippen molar-refractivity contribution in [3.63, 3.8) is 0 Å². The molecule has 0 aliphatic heterocycles. The van der Waals surface area contributed by atoms with E-state index in [1.54, 1.807) is 49.6 Å². The van der Waals surface area contributed by atoms with Gasteiger partial charge in [-0.3, -0.25) is 4.79 Å². The number of hydrogen-bond acceptors (Lipinski definition) is 3. The molecule has 22 heavy (non-hydrogen) atoms. The molecule has 4 nitrogen and oxygen atoms in total. The van der Waals surface area contributed by atoms with Crippen LogP contribution in [0.15, 0.2) is 42.5 Å². The minimum absolute atomic E-state index is 0.0808. The van der Waals surface area contributed by atoms with E-state index in [1.165, 1.54) is 0 Å². The number of benzene rings is 2. The number of halogens is 2. The summed E-state index contributed by atoms with van der Waals surface area (Å²) in [6.45, 7) is 0.476. The van der Waals surface area contributed by atoms with Gasteiger partial charge in [-0.15, -0.1) is 0 Å². The lowest BCUT2D eigenvalue weighted by Crippen LogP contribution is -2.16. The predicted octanol–water partition coefficient (Wildman–Crippen LogP) is 4.44. The Morgan fingerprint density at radius 2 is 1.86 bits per heavy atom. The number of carbonyl (C=O) groups excluding carboxylic acids is 1. The van der Waals surface area contributed by atoms with Gasteiger partial charge in [0.2, 0.25) is 5.91 Å². The highest BCUT2D eigenvalue weighted by Crippen LogP contribution is 2.25. The maximum absolute atomic E-state index is 11.9. The van der Waals surface area contributed by atoms with Gasteiger partial charge in [0.25, 0.3) is 0 Å². The molecule has 0 aliphatic carbocycles. The number of methoxy groups -OCH3 is 1. The molecule has 0 spiro atoms. The van der Waals surface area contributed by atoms with Crippen LogP contribution in [0.5, 0.6) is 5.75 Å². The van der Waals surface area contributed by atoms with Crippen molar-refractivity contribution < 1.29 is 9.53 Å². The van der Waals surface area contributed by atoms with E-state index in [0.717, 1.165) is 17.1 Å². The molecule has 2 rings (SSSR count). The van der Waals surface area contributed by atoms with Crippen LogP contribution in [-0.4, -0.2) is 19.6 Å². The zero-order valence-corrected chi connectivity index (χ0v) is 13.5. The van der Waals surface area contributed by atoms with E-state index >= 15 is 0 Å². The zero-order chi connectivity index (χ0) is 15.9. The first-order valence-corrected chi connectivity index (χ1v) is 7.47. The Labute approximate surface area is 139 Å². The van der Waals surface area contributed by atoms with Crippen molar-refractivity contribution in [2.75, 3.05) is 24.3 Å². The Morgan fingerprint density at radius 1 is 1.14 bits per heavy atom. The van der Waals surface area contributed by atoms with Crippen molar-refractivity contribution in [1.82, 2.24) is 0 Å². The Kier molecular flexibility index (Phi) is 5.92. The van der Waals surface area contributed by atoms with Crippen LogP contribution < -0.4 is 15.4 Å². The van der Waals surface area contributed by atoms with E-state index in [2.05, 4.69) is 10.6 Å². The number of carbonyl (C=O) groups is 1. The normalized spacial score (nSPS) is 10.1. The molecular weight excluding hydrogens is 323 g/mol. The molecule has 0 bridgehead atoms. The second-order valence-electron chi connectivity index (χ2n) is 4.58. The van der Waals surface area contributed by atoms with Crippen LogP contribution >= 0.6 is 23.2 Å². The molecule has 0 aromatic heterocycles. The van der Waals surface area contributed by atoms with Crippen LogP contribution in [0, 0.1) is 0 Å². The average Bonchev–Trinajstić information content (AvgIpc) is 2.50. The summed E-state index contributed by atoms with van der Waals surface area (Å²) < 4.78 is 5.06. The highest BCUT2D eigenvalue weighted by atomic mass is 35.5. The first-order chi connectivity index (χ1) is 10.6. The fourth-order valence-electron chi connectivity index (χ4n) is 1.84. The van der Waals surface area contributed by atoms with Gasteiger partial charge in [-0.05, 0) is 42.5 Å². The molecule has 116 valence electrons. The smallest absolute Gasteiger partial charge is 0.226 e. The van der Waals surface area contributed by atoms with E-state index < -0.39 is 0 Å². The number of anilines is 2. The van der Waals surface area contributed by atoms with Gasteiger partial charge in [-0.2, -0.15) is 0 Å². The summed E-state index contributed by atoms with van der Waals surface area (Å²) in [6.07, 6.45) is 0.324. The van der Waals surface area contributed by atoms with Gasteiger partial charge in [-0.1, -0.05) is 23.2 Å². The quantitative estimate of drug-likeness (QED) is 0.818. The number of rotatable bonds is 6. The molecule has 0 fully saturated rings. The van der Waals surface area contributed by atoms with Gasteiger partial charge in [-0.25, -0.2) is 0 Å². The monoisotopic (exact) mass is 338 g/mol. The number of amides is 1. The molecule has 1 amide bonds. The SMILES string of the molecule is COc1ccc(NC(=O)CCNc2ccc(Cl)cc2Cl)cc1. The Hall–Kier alpha value is -1.91. The predicted molar refractivity (Wildman–Crippen MR) is 91.2 cm³/mol. The topological polar surface area (TPSA) is 50.4 Å². The Balaban J connectivity index is 1.79. The fraction of sp³-hybridized carbons (Fsp3) is 0.188. The zero-order valence-electron chi connectivity index (χ0n) is 12.0. The maximum Gasteiger partial charge on any atom is 0.226 e. The second kappa shape index (κ2) is 7.92. The van der Waals surface area contributed by atoms with Gasteiger partial charge in [0.05, 0.1) is 17.8 Å². The van der Waals surface area contributed by atoms with Gasteiger partial charge in [0.15, 0.2) is 0 Å². The summed E-state index contributed by atoms with van der Waals surface area (Å²) in [5.74, 6) is 0.666. The first-order valence-electron chi connectivity index (χ1n) is 6.71. The minimum Gasteiger partial charge on any atom is -0.497 e. The summed E-state index contributed by atoms with van der Waals surface area (Å²) in [5, 5.41) is 7.03. The summed E-state index contributed by atoms with van der Waals surface area (Å²) in [5.41, 5.74) is 1.48. The highest BCUT2D eigenvalue weighted by molar-refractivity contribution is 6.36. The van der Waals surface area contributed by atoms with Crippen LogP contribution in [-0.2, 0) is 4.79 Å². The van der Waals surface area contributed by atoms with Gasteiger partial charge >= 0.3 is 0 Å². The molecule has 2 N–H and O–H groups in total. The van der Waals surface area contributed by atoms with E-state index in [0.29, 0.717) is 23.0 Å². The van der Waals surface area contributed by atoms with Crippen LogP contribution in [0.4, 0.5) is 11.4 Å². The van der Waals surface area contributed by atoms with Gasteiger partial charge in [0, 0.05) is 23.7 Å².